The van der Waals surface area contributed by atoms with Crippen molar-refractivity contribution in [1.29, 1.82) is 0 Å². The number of carbonyl (C=O) groups excluding carboxylic acids is 1. The van der Waals surface area contributed by atoms with Gasteiger partial charge in [-0.25, -0.2) is 0 Å². The van der Waals surface area contributed by atoms with Crippen LogP contribution in [0.15, 0.2) is 71.7 Å². The number of nitrogens with one attached hydrogen (secondary N) is 1. The van der Waals surface area contributed by atoms with Gasteiger partial charge in [-0.2, -0.15) is 0 Å². The molecule has 1 N–H and O–H groups in total. The highest BCUT2D eigenvalue weighted by molar-refractivity contribution is 9.10. The quantitative estimate of drug-likeness (QED) is 0.298. The number of hydrogen-bond donors (Lipinski definition) is 1. The summed E-state index contributed by atoms with van der Waals surface area (Å²) < 4.78 is 6.38. The Kier molecular flexibility index (Phi) is 9.62. The summed E-state index contributed by atoms with van der Waals surface area (Å²) >= 11 is 3.50. The van der Waals surface area contributed by atoms with E-state index in [1.807, 2.05) is 31.2 Å². The summed E-state index contributed by atoms with van der Waals surface area (Å²) in [6.45, 7) is 9.20. The standard InChI is InChI=1S/C25H32BrNO2/c1-4-16-25(19-24(28)29-6-3,21-10-8-7-9-11-21)17-18-27-23(5-2)20-12-14-22(26)15-13-20/h4,7-15,23,27H,1,5-6,16-19H2,2-3H3. The van der Waals surface area contributed by atoms with Crippen LogP contribution >= 0.6 is 15.9 Å². The third kappa shape index (κ3) is 6.83. The van der Waals surface area contributed by atoms with Gasteiger partial charge in [0.2, 0.25) is 0 Å². The fourth-order valence-electron chi connectivity index (χ4n) is 3.86. The lowest BCUT2D eigenvalue weighted by molar-refractivity contribution is -0.144. The van der Waals surface area contributed by atoms with Crippen molar-refractivity contribution in [2.45, 2.75) is 51.0 Å². The SMILES string of the molecule is C=CCC(CCNC(CC)c1ccc(Br)cc1)(CC(=O)OCC)c1ccccc1. The maximum absolute atomic E-state index is 12.4. The fraction of sp³-hybridized carbons (Fsp3) is 0.400. The maximum atomic E-state index is 12.4. The van der Waals surface area contributed by atoms with Crippen molar-refractivity contribution in [2.24, 2.45) is 0 Å². The minimum atomic E-state index is -0.319. The molecule has 0 aliphatic heterocycles. The lowest BCUT2D eigenvalue weighted by Crippen LogP contribution is -2.34. The zero-order valence-corrected chi connectivity index (χ0v) is 19.1. The molecule has 2 unspecified atom stereocenters. The molecule has 0 heterocycles. The first-order valence-corrected chi connectivity index (χ1v) is 11.1. The van der Waals surface area contributed by atoms with Gasteiger partial charge in [-0.3, -0.25) is 4.79 Å². The second kappa shape index (κ2) is 11.9. The highest BCUT2D eigenvalue weighted by Gasteiger charge is 2.34. The van der Waals surface area contributed by atoms with Crippen LogP contribution in [0.5, 0.6) is 0 Å². The number of benzene rings is 2. The van der Waals surface area contributed by atoms with Crippen molar-refractivity contribution in [3.05, 3.63) is 82.9 Å². The summed E-state index contributed by atoms with van der Waals surface area (Å²) in [5.74, 6) is -0.154. The van der Waals surface area contributed by atoms with Crippen molar-refractivity contribution in [2.75, 3.05) is 13.2 Å². The Morgan fingerprint density at radius 3 is 2.45 bits per heavy atom. The third-order valence-corrected chi connectivity index (χ3v) is 5.91. The Bertz CT molecular complexity index is 760. The summed E-state index contributed by atoms with van der Waals surface area (Å²) in [7, 11) is 0. The summed E-state index contributed by atoms with van der Waals surface area (Å²) in [4.78, 5) is 12.4. The monoisotopic (exact) mass is 457 g/mol. The number of allylic oxidation sites excluding steroid dienone is 1. The zero-order valence-electron chi connectivity index (χ0n) is 17.5. The predicted molar refractivity (Wildman–Crippen MR) is 124 cm³/mol. The van der Waals surface area contributed by atoms with Crippen LogP contribution in [0.3, 0.4) is 0 Å². The van der Waals surface area contributed by atoms with E-state index in [9.17, 15) is 4.79 Å². The van der Waals surface area contributed by atoms with E-state index in [2.05, 4.69) is 71.1 Å². The number of carbonyl (C=O) groups is 1. The van der Waals surface area contributed by atoms with Gasteiger partial charge in [0.1, 0.15) is 0 Å². The highest BCUT2D eigenvalue weighted by atomic mass is 79.9. The Morgan fingerprint density at radius 2 is 1.86 bits per heavy atom. The van der Waals surface area contributed by atoms with E-state index in [1.54, 1.807) is 0 Å². The first-order chi connectivity index (χ1) is 14.0. The first kappa shape index (κ1) is 23.4. The molecule has 156 valence electrons. The van der Waals surface area contributed by atoms with Gasteiger partial charge in [0.15, 0.2) is 0 Å². The molecule has 0 spiro atoms. The molecule has 0 aromatic heterocycles. The number of rotatable bonds is 12. The molecule has 3 nitrogen and oxygen atoms in total. The van der Waals surface area contributed by atoms with Crippen molar-refractivity contribution >= 4 is 21.9 Å². The largest absolute Gasteiger partial charge is 0.466 e. The fourth-order valence-corrected chi connectivity index (χ4v) is 4.13. The molecule has 0 radical (unpaired) electrons. The summed E-state index contributed by atoms with van der Waals surface area (Å²) in [5, 5.41) is 3.69. The average molecular weight is 458 g/mol. The Hall–Kier alpha value is -1.91. The van der Waals surface area contributed by atoms with Gasteiger partial charge in [-0.1, -0.05) is 71.4 Å². The van der Waals surface area contributed by atoms with E-state index in [0.717, 1.165) is 35.8 Å². The Morgan fingerprint density at radius 1 is 1.17 bits per heavy atom. The molecule has 2 atom stereocenters. The van der Waals surface area contributed by atoms with E-state index in [1.165, 1.54) is 5.56 Å². The first-order valence-electron chi connectivity index (χ1n) is 10.4. The van der Waals surface area contributed by atoms with Crippen LogP contribution in [0.4, 0.5) is 0 Å². The molecule has 2 aromatic carbocycles. The van der Waals surface area contributed by atoms with E-state index < -0.39 is 0 Å². The van der Waals surface area contributed by atoms with Gasteiger partial charge in [0, 0.05) is 15.9 Å². The molecule has 0 saturated carbocycles. The second-order valence-electron chi connectivity index (χ2n) is 7.34. The zero-order chi connectivity index (χ0) is 21.1. The van der Waals surface area contributed by atoms with Crippen LogP contribution < -0.4 is 5.32 Å². The smallest absolute Gasteiger partial charge is 0.306 e. The lowest BCUT2D eigenvalue weighted by atomic mass is 9.72. The summed E-state index contributed by atoms with van der Waals surface area (Å²) in [6.07, 6.45) is 4.83. The van der Waals surface area contributed by atoms with E-state index in [-0.39, 0.29) is 17.4 Å². The highest BCUT2D eigenvalue weighted by Crippen LogP contribution is 2.36. The molecule has 0 amide bonds. The van der Waals surface area contributed by atoms with Crippen molar-refractivity contribution in [1.82, 2.24) is 5.32 Å². The number of ether oxygens (including phenoxy) is 1. The van der Waals surface area contributed by atoms with Gasteiger partial charge in [0.25, 0.3) is 0 Å². The molecule has 4 heteroatoms. The van der Waals surface area contributed by atoms with E-state index >= 15 is 0 Å². The van der Waals surface area contributed by atoms with Gasteiger partial charge >= 0.3 is 5.97 Å². The minimum absolute atomic E-state index is 0.154. The van der Waals surface area contributed by atoms with Gasteiger partial charge in [-0.05, 0) is 56.0 Å². The molecule has 2 aromatic rings. The van der Waals surface area contributed by atoms with Crippen molar-refractivity contribution in [3.63, 3.8) is 0 Å². The minimum Gasteiger partial charge on any atom is -0.466 e. The van der Waals surface area contributed by atoms with Crippen LogP contribution in [0, 0.1) is 0 Å². The van der Waals surface area contributed by atoms with Crippen LogP contribution in [0.1, 0.15) is 56.7 Å². The van der Waals surface area contributed by atoms with Gasteiger partial charge in [0.05, 0.1) is 13.0 Å². The third-order valence-electron chi connectivity index (χ3n) is 5.38. The molecule has 0 bridgehead atoms. The van der Waals surface area contributed by atoms with Crippen LogP contribution in [0.2, 0.25) is 0 Å². The molecular weight excluding hydrogens is 426 g/mol. The molecule has 0 saturated heterocycles. The summed E-state index contributed by atoms with van der Waals surface area (Å²) in [6, 6.07) is 19.0. The number of halogens is 1. The number of esters is 1. The topological polar surface area (TPSA) is 38.3 Å². The second-order valence-corrected chi connectivity index (χ2v) is 8.25. The molecule has 0 aliphatic rings. The van der Waals surface area contributed by atoms with Crippen molar-refractivity contribution in [3.8, 4) is 0 Å². The van der Waals surface area contributed by atoms with Gasteiger partial charge in [-0.15, -0.1) is 6.58 Å². The van der Waals surface area contributed by atoms with Crippen LogP contribution in [0.25, 0.3) is 0 Å². The van der Waals surface area contributed by atoms with Crippen LogP contribution in [-0.4, -0.2) is 19.1 Å². The molecule has 29 heavy (non-hydrogen) atoms. The maximum Gasteiger partial charge on any atom is 0.306 e. The van der Waals surface area contributed by atoms with Gasteiger partial charge < -0.3 is 10.1 Å². The number of hydrogen-bond acceptors (Lipinski definition) is 3. The lowest BCUT2D eigenvalue weighted by Gasteiger charge is -2.34. The predicted octanol–water partition coefficient (Wildman–Crippen LogP) is 6.35. The Balaban J connectivity index is 2.18. The van der Waals surface area contributed by atoms with Crippen LogP contribution in [-0.2, 0) is 14.9 Å². The molecule has 2 rings (SSSR count). The molecule has 0 aliphatic carbocycles. The molecular formula is C25H32BrNO2. The van der Waals surface area contributed by atoms with E-state index in [4.69, 9.17) is 4.74 Å². The average Bonchev–Trinajstić information content (AvgIpc) is 2.73. The normalized spacial score (nSPS) is 14.0. The summed E-state index contributed by atoms with van der Waals surface area (Å²) in [5.41, 5.74) is 2.11. The van der Waals surface area contributed by atoms with Crippen molar-refractivity contribution < 1.29 is 9.53 Å². The van der Waals surface area contributed by atoms with E-state index in [0.29, 0.717) is 13.0 Å². The Labute approximate surface area is 183 Å². The molecule has 0 fully saturated rings.